The fourth-order valence-electron chi connectivity index (χ4n) is 5.55. The van der Waals surface area contributed by atoms with E-state index in [1.54, 1.807) is 44.8 Å². The van der Waals surface area contributed by atoms with Crippen molar-refractivity contribution in [1.82, 2.24) is 4.57 Å². The SMILES string of the molecule is CCOC(=O)C1=C(C)N=c2s/c(=C\c3cccc(OCc4cccc5ccccc45)c3)c(=O)n2C1c1ccc(OC)c(OC)c1. The maximum absolute atomic E-state index is 14.1. The first-order chi connectivity index (χ1) is 21.9. The predicted octanol–water partition coefficient (Wildman–Crippen LogP) is 5.55. The second-order valence-electron chi connectivity index (χ2n) is 10.4. The summed E-state index contributed by atoms with van der Waals surface area (Å²) in [7, 11) is 3.10. The van der Waals surface area contributed by atoms with Crippen molar-refractivity contribution >= 4 is 34.2 Å². The second-order valence-corrected chi connectivity index (χ2v) is 11.4. The molecule has 2 heterocycles. The fourth-order valence-corrected chi connectivity index (χ4v) is 6.60. The van der Waals surface area contributed by atoms with Crippen LogP contribution in [-0.4, -0.2) is 31.4 Å². The minimum atomic E-state index is -0.766. The molecule has 0 fully saturated rings. The Morgan fingerprint density at radius 1 is 0.956 bits per heavy atom. The van der Waals surface area contributed by atoms with Crippen LogP contribution in [0.4, 0.5) is 0 Å². The van der Waals surface area contributed by atoms with Crippen molar-refractivity contribution in [1.29, 1.82) is 0 Å². The van der Waals surface area contributed by atoms with Gasteiger partial charge in [0, 0.05) is 0 Å². The highest BCUT2D eigenvalue weighted by molar-refractivity contribution is 7.07. The van der Waals surface area contributed by atoms with Crippen LogP contribution < -0.4 is 29.1 Å². The highest BCUT2D eigenvalue weighted by atomic mass is 32.1. The number of allylic oxidation sites excluding steroid dienone is 1. The van der Waals surface area contributed by atoms with Crippen LogP contribution in [0.2, 0.25) is 0 Å². The smallest absolute Gasteiger partial charge is 0.338 e. The van der Waals surface area contributed by atoms with Crippen LogP contribution in [0.5, 0.6) is 17.2 Å². The molecule has 1 atom stereocenters. The van der Waals surface area contributed by atoms with Gasteiger partial charge < -0.3 is 18.9 Å². The van der Waals surface area contributed by atoms with Crippen molar-refractivity contribution in [3.63, 3.8) is 0 Å². The van der Waals surface area contributed by atoms with Gasteiger partial charge in [-0.3, -0.25) is 9.36 Å². The molecule has 0 spiro atoms. The molecule has 5 aromatic rings. The van der Waals surface area contributed by atoms with E-state index in [2.05, 4.69) is 29.3 Å². The Hall–Kier alpha value is -5.15. The lowest BCUT2D eigenvalue weighted by molar-refractivity contribution is -0.139. The molecule has 0 amide bonds. The van der Waals surface area contributed by atoms with Gasteiger partial charge in [-0.15, -0.1) is 0 Å². The van der Waals surface area contributed by atoms with Crippen molar-refractivity contribution in [2.24, 2.45) is 4.99 Å². The number of fused-ring (bicyclic) bond motifs is 2. The third-order valence-electron chi connectivity index (χ3n) is 7.67. The number of carbonyl (C=O) groups is 1. The third-order valence-corrected chi connectivity index (χ3v) is 8.65. The quantitative estimate of drug-likeness (QED) is 0.201. The van der Waals surface area contributed by atoms with Crippen LogP contribution in [0.1, 0.15) is 36.6 Å². The zero-order chi connectivity index (χ0) is 31.5. The van der Waals surface area contributed by atoms with Crippen molar-refractivity contribution in [2.75, 3.05) is 20.8 Å². The third kappa shape index (κ3) is 5.86. The molecular formula is C36H32N2O6S. The molecule has 6 rings (SSSR count). The Morgan fingerprint density at radius 2 is 1.73 bits per heavy atom. The van der Waals surface area contributed by atoms with Gasteiger partial charge in [-0.25, -0.2) is 9.79 Å². The van der Waals surface area contributed by atoms with E-state index in [1.807, 2.05) is 54.6 Å². The zero-order valence-corrected chi connectivity index (χ0v) is 26.2. The molecule has 1 unspecified atom stereocenters. The number of methoxy groups -OCH3 is 2. The number of nitrogens with zero attached hydrogens (tertiary/aromatic N) is 2. The van der Waals surface area contributed by atoms with Crippen LogP contribution in [0.15, 0.2) is 106 Å². The summed E-state index contributed by atoms with van der Waals surface area (Å²) in [5.41, 5.74) is 3.09. The van der Waals surface area contributed by atoms with E-state index < -0.39 is 12.0 Å². The van der Waals surface area contributed by atoms with E-state index in [1.165, 1.54) is 11.3 Å². The first kappa shape index (κ1) is 29.9. The average molecular weight is 621 g/mol. The van der Waals surface area contributed by atoms with Gasteiger partial charge in [0.15, 0.2) is 16.3 Å². The number of hydrogen-bond acceptors (Lipinski definition) is 8. The molecule has 9 heteroatoms. The number of thiazole rings is 1. The molecule has 1 aliphatic heterocycles. The van der Waals surface area contributed by atoms with Gasteiger partial charge in [0.2, 0.25) is 0 Å². The van der Waals surface area contributed by atoms with Crippen LogP contribution in [0, 0.1) is 0 Å². The maximum atomic E-state index is 14.1. The van der Waals surface area contributed by atoms with Gasteiger partial charge in [0.1, 0.15) is 12.4 Å². The summed E-state index contributed by atoms with van der Waals surface area (Å²) in [4.78, 5) is 32.4. The lowest BCUT2D eigenvalue weighted by atomic mass is 9.95. The van der Waals surface area contributed by atoms with E-state index in [0.717, 1.165) is 21.9 Å². The Kier molecular flexibility index (Phi) is 8.53. The lowest BCUT2D eigenvalue weighted by Gasteiger charge is -2.25. The van der Waals surface area contributed by atoms with Crippen LogP contribution in [0.25, 0.3) is 16.8 Å². The van der Waals surface area contributed by atoms with E-state index in [9.17, 15) is 9.59 Å². The van der Waals surface area contributed by atoms with E-state index in [4.69, 9.17) is 18.9 Å². The summed E-state index contributed by atoms with van der Waals surface area (Å²) in [5, 5.41) is 2.31. The number of esters is 1. The second kappa shape index (κ2) is 12.8. The summed E-state index contributed by atoms with van der Waals surface area (Å²) in [6.07, 6.45) is 1.82. The molecular weight excluding hydrogens is 588 g/mol. The van der Waals surface area contributed by atoms with Gasteiger partial charge >= 0.3 is 5.97 Å². The van der Waals surface area contributed by atoms with Gasteiger partial charge in [0.05, 0.1) is 42.7 Å². The molecule has 0 bridgehead atoms. The van der Waals surface area contributed by atoms with Gasteiger partial charge in [-0.2, -0.15) is 0 Å². The average Bonchev–Trinajstić information content (AvgIpc) is 3.36. The number of rotatable bonds is 9. The van der Waals surface area contributed by atoms with Gasteiger partial charge in [0.25, 0.3) is 5.56 Å². The molecule has 228 valence electrons. The van der Waals surface area contributed by atoms with E-state index in [0.29, 0.717) is 50.0 Å². The highest BCUT2D eigenvalue weighted by Gasteiger charge is 2.34. The molecule has 45 heavy (non-hydrogen) atoms. The van der Waals surface area contributed by atoms with Crippen molar-refractivity contribution in [2.45, 2.75) is 26.5 Å². The number of hydrogen-bond donors (Lipinski definition) is 0. The maximum Gasteiger partial charge on any atom is 0.338 e. The zero-order valence-electron chi connectivity index (χ0n) is 25.4. The summed E-state index contributed by atoms with van der Waals surface area (Å²) >= 11 is 1.27. The van der Waals surface area contributed by atoms with E-state index >= 15 is 0 Å². The fraction of sp³-hybridized carbons (Fsp3) is 0.194. The summed E-state index contributed by atoms with van der Waals surface area (Å²) in [5.74, 6) is 1.18. The monoisotopic (exact) mass is 620 g/mol. The summed E-state index contributed by atoms with van der Waals surface area (Å²) < 4.78 is 24.6. The Bertz CT molecular complexity index is 2120. The Labute approximate surface area is 264 Å². The normalized spacial score (nSPS) is 14.6. The van der Waals surface area contributed by atoms with Crippen molar-refractivity contribution < 1.29 is 23.7 Å². The summed E-state index contributed by atoms with van der Waals surface area (Å²) in [6.45, 7) is 4.11. The standard InChI is InChI=1S/C36H32N2O6S/c1-5-43-35(40)32-22(2)37-36-38(33(32)25-16-17-29(41-3)30(20-25)42-4)34(39)31(45-36)19-23-10-8-14-27(18-23)44-21-26-13-9-12-24-11-6-7-15-28(24)26/h6-20,33H,5,21H2,1-4H3/b31-19-. The predicted molar refractivity (Wildman–Crippen MR) is 175 cm³/mol. The molecule has 1 aromatic heterocycles. The highest BCUT2D eigenvalue weighted by Crippen LogP contribution is 2.36. The molecule has 1 aliphatic rings. The lowest BCUT2D eigenvalue weighted by Crippen LogP contribution is -2.39. The molecule has 0 aliphatic carbocycles. The van der Waals surface area contributed by atoms with Crippen LogP contribution >= 0.6 is 11.3 Å². The van der Waals surface area contributed by atoms with Crippen LogP contribution in [0.3, 0.4) is 0 Å². The molecule has 4 aromatic carbocycles. The molecule has 8 nitrogen and oxygen atoms in total. The molecule has 0 radical (unpaired) electrons. The number of ether oxygens (including phenoxy) is 4. The van der Waals surface area contributed by atoms with Crippen molar-refractivity contribution in [3.8, 4) is 17.2 Å². The Morgan fingerprint density at radius 3 is 2.53 bits per heavy atom. The first-order valence-corrected chi connectivity index (χ1v) is 15.3. The number of benzene rings is 4. The minimum Gasteiger partial charge on any atom is -0.493 e. The Balaban J connectivity index is 1.39. The molecule has 0 saturated heterocycles. The minimum absolute atomic E-state index is 0.192. The summed E-state index contributed by atoms with van der Waals surface area (Å²) in [6, 6.07) is 26.6. The number of aromatic nitrogens is 1. The topological polar surface area (TPSA) is 88.4 Å². The largest absolute Gasteiger partial charge is 0.493 e. The first-order valence-electron chi connectivity index (χ1n) is 14.5. The van der Waals surface area contributed by atoms with Crippen molar-refractivity contribution in [3.05, 3.63) is 133 Å². The number of carbonyl (C=O) groups excluding carboxylic acids is 1. The van der Waals surface area contributed by atoms with E-state index in [-0.39, 0.29) is 12.2 Å². The van der Waals surface area contributed by atoms with Gasteiger partial charge in [-0.1, -0.05) is 72.0 Å². The molecule has 0 saturated carbocycles. The van der Waals surface area contributed by atoms with Gasteiger partial charge in [-0.05, 0) is 71.7 Å². The molecule has 0 N–H and O–H groups in total. The van der Waals surface area contributed by atoms with Crippen LogP contribution in [-0.2, 0) is 16.1 Å².